The van der Waals surface area contributed by atoms with Crippen molar-refractivity contribution in [1.29, 1.82) is 0 Å². The summed E-state index contributed by atoms with van der Waals surface area (Å²) in [7, 11) is 12.0. The minimum atomic E-state index is -4.84. The van der Waals surface area contributed by atoms with Gasteiger partial charge < -0.3 is 60.0 Å². The van der Waals surface area contributed by atoms with Gasteiger partial charge in [0.2, 0.25) is 70.9 Å². The molecule has 2 aliphatic heterocycles. The van der Waals surface area contributed by atoms with Gasteiger partial charge in [0.15, 0.2) is 11.6 Å². The molecule has 566 valence electrons. The quantitative estimate of drug-likeness (QED) is 0.192. The lowest BCUT2D eigenvalue weighted by Gasteiger charge is -2.45. The zero-order valence-corrected chi connectivity index (χ0v) is 62.5. The van der Waals surface area contributed by atoms with E-state index in [-0.39, 0.29) is 56.2 Å². The lowest BCUT2D eigenvalue weighted by molar-refractivity contribution is -0.160. The first-order valence-electron chi connectivity index (χ1n) is 34.8. The van der Waals surface area contributed by atoms with Gasteiger partial charge in [0.25, 0.3) is 0 Å². The molecule has 103 heavy (non-hydrogen) atoms. The van der Waals surface area contributed by atoms with Crippen LogP contribution in [0.2, 0.25) is 5.02 Å². The van der Waals surface area contributed by atoms with Crippen molar-refractivity contribution < 1.29 is 79.5 Å². The molecule has 0 unspecified atom stereocenters. The number of aryl methyl sites for hydroxylation is 2. The van der Waals surface area contributed by atoms with Crippen molar-refractivity contribution in [2.45, 2.75) is 192 Å². The van der Waals surface area contributed by atoms with Gasteiger partial charge in [0.1, 0.15) is 59.9 Å². The minimum absolute atomic E-state index is 0.0132. The molecule has 6 rings (SSSR count). The van der Waals surface area contributed by atoms with Gasteiger partial charge in [0.05, 0.1) is 23.6 Å². The van der Waals surface area contributed by atoms with Crippen molar-refractivity contribution in [3.05, 3.63) is 105 Å². The van der Waals surface area contributed by atoms with Crippen molar-refractivity contribution in [3.8, 4) is 0 Å². The fraction of sp³-hybridized carbons (Fsp3) is 0.589. The number of carbonyl (C=O) groups excluding carboxylic acids is 12. The summed E-state index contributed by atoms with van der Waals surface area (Å²) in [6.45, 7) is 10.9. The molecule has 1 aliphatic carbocycles. The second kappa shape index (κ2) is 35.1. The molecular weight excluding hydrogens is 1370 g/mol. The lowest BCUT2D eigenvalue weighted by Crippen LogP contribution is -2.65. The molecule has 24 nitrogen and oxygen atoms in total. The highest BCUT2D eigenvalue weighted by atomic mass is 35.5. The Bertz CT molecular complexity index is 3650. The highest BCUT2D eigenvalue weighted by Gasteiger charge is 2.51. The van der Waals surface area contributed by atoms with E-state index < -0.39 is 197 Å². The fourth-order valence-corrected chi connectivity index (χ4v) is 13.6. The Kier molecular flexibility index (Phi) is 28.4. The number of benzene rings is 3. The molecule has 3 aliphatic rings. The summed E-state index contributed by atoms with van der Waals surface area (Å²) < 4.78 is 71.6. The Morgan fingerprint density at radius 3 is 1.78 bits per heavy atom. The van der Waals surface area contributed by atoms with Gasteiger partial charge in [-0.3, -0.25) is 57.5 Å². The number of nitrogens with one attached hydrogen (secondary N) is 3. The lowest BCUT2D eigenvalue weighted by atomic mass is 9.90. The van der Waals surface area contributed by atoms with E-state index in [1.54, 1.807) is 52.0 Å². The molecule has 3 aromatic rings. The molecule has 3 fully saturated rings. The van der Waals surface area contributed by atoms with Crippen LogP contribution >= 0.6 is 11.6 Å². The molecule has 0 bridgehead atoms. The highest BCUT2D eigenvalue weighted by Crippen LogP contribution is 2.37. The summed E-state index contributed by atoms with van der Waals surface area (Å²) in [5.74, 6) is -13.3. The van der Waals surface area contributed by atoms with Crippen molar-refractivity contribution in [1.82, 2.24) is 60.0 Å². The van der Waals surface area contributed by atoms with Crippen LogP contribution in [0.5, 0.6) is 0 Å². The standard InChI is InChI=1S/C73H100ClF5N12O12/c1-17-42(4)60-69(101)86(12)45(7)64(96)91-34-31-54(91)68(100)88(14)56(37-47-23-21-41(3)22-24-47)67(99)84(10)40-58(92)80-53(30-27-46-25-28-49(50(74)35-46)73(77,78)79)65(97)87(13)55(38-48-26-29-51(75)52(76)36-48)63(95)82-72(32-19-20-33-72)71(103)90(16)61(43(5)18-2)70(102)89(15)57(66(98)83(8)9)39-59(93)85(11)44(6)62(94)81-60/h21-26,28-29,35-36,42-45,53-57,60-61H,17-20,27,30-34,37-40H2,1-16H3,(H,80,92)(H,81,94)(H,82,95)/t42-,43-,44-,45+,53-,54-,55-,56-,57-,60-,61-/m0/s1. The molecule has 30 heteroatoms. The average Bonchev–Trinajstić information content (AvgIpc) is 1.76. The molecule has 12 amide bonds. The molecule has 11 atom stereocenters. The third kappa shape index (κ3) is 19.6. The number of rotatable bonds is 12. The van der Waals surface area contributed by atoms with Crippen LogP contribution < -0.4 is 16.0 Å². The Labute approximate surface area is 604 Å². The first-order chi connectivity index (χ1) is 48.1. The number of likely N-dealkylation sites (N-methyl/N-ethyl adjacent to an activating group) is 8. The van der Waals surface area contributed by atoms with Gasteiger partial charge in [-0.05, 0) is 106 Å². The zero-order valence-electron chi connectivity index (χ0n) is 61.7. The third-order valence-corrected chi connectivity index (χ3v) is 21.3. The third-order valence-electron chi connectivity index (χ3n) is 20.9. The van der Waals surface area contributed by atoms with E-state index in [4.69, 9.17) is 11.6 Å². The number of halogens is 6. The summed E-state index contributed by atoms with van der Waals surface area (Å²) in [5, 5.41) is 7.64. The number of hydrogen-bond acceptors (Lipinski definition) is 12. The highest BCUT2D eigenvalue weighted by molar-refractivity contribution is 6.31. The first kappa shape index (κ1) is 83.2. The van der Waals surface area contributed by atoms with Gasteiger partial charge in [-0.1, -0.05) is 107 Å². The van der Waals surface area contributed by atoms with E-state index in [2.05, 4.69) is 16.0 Å². The van der Waals surface area contributed by atoms with E-state index in [9.17, 15) is 51.1 Å². The van der Waals surface area contributed by atoms with Crippen molar-refractivity contribution in [3.63, 3.8) is 0 Å². The van der Waals surface area contributed by atoms with Crippen molar-refractivity contribution in [2.75, 3.05) is 76.5 Å². The summed E-state index contributed by atoms with van der Waals surface area (Å²) in [6.07, 6.45) is -5.33. The van der Waals surface area contributed by atoms with Crippen molar-refractivity contribution >= 4 is 82.5 Å². The maximum Gasteiger partial charge on any atom is 0.417 e. The number of alkyl halides is 3. The summed E-state index contributed by atoms with van der Waals surface area (Å²) in [4.78, 5) is 189. The van der Waals surface area contributed by atoms with Crippen LogP contribution in [0.1, 0.15) is 127 Å². The monoisotopic (exact) mass is 1470 g/mol. The van der Waals surface area contributed by atoms with Gasteiger partial charge in [-0.2, -0.15) is 13.2 Å². The molecule has 1 saturated carbocycles. The van der Waals surface area contributed by atoms with Crippen LogP contribution in [0, 0.1) is 30.4 Å². The Morgan fingerprint density at radius 2 is 1.22 bits per heavy atom. The first-order valence-corrected chi connectivity index (χ1v) is 35.1. The number of nitrogens with zero attached hydrogens (tertiary/aromatic N) is 9. The molecule has 0 aromatic heterocycles. The predicted octanol–water partition coefficient (Wildman–Crippen LogP) is 5.41. The van der Waals surface area contributed by atoms with Crippen LogP contribution in [-0.4, -0.2) is 251 Å². The van der Waals surface area contributed by atoms with Crippen LogP contribution in [-0.2, 0) is 83.0 Å². The normalized spacial score (nSPS) is 25.0. The largest absolute Gasteiger partial charge is 0.417 e. The summed E-state index contributed by atoms with van der Waals surface area (Å²) >= 11 is 6.15. The zero-order chi connectivity index (χ0) is 77.2. The molecule has 3 N–H and O–H groups in total. The van der Waals surface area contributed by atoms with Crippen molar-refractivity contribution in [2.24, 2.45) is 11.8 Å². The van der Waals surface area contributed by atoms with Gasteiger partial charge in [-0.25, -0.2) is 8.78 Å². The van der Waals surface area contributed by atoms with Crippen LogP contribution in [0.3, 0.4) is 0 Å². The number of fused-ring (bicyclic) bond motifs is 1. The maximum atomic E-state index is 15.6. The van der Waals surface area contributed by atoms with E-state index in [0.717, 1.165) is 65.3 Å². The van der Waals surface area contributed by atoms with Gasteiger partial charge >= 0.3 is 6.18 Å². The molecule has 3 aromatic carbocycles. The molecular formula is C73H100ClF5N12O12. The molecule has 2 saturated heterocycles. The second-order valence-electron chi connectivity index (χ2n) is 28.2. The second-order valence-corrected chi connectivity index (χ2v) is 28.6. The number of carbonyl (C=O) groups is 12. The fourth-order valence-electron chi connectivity index (χ4n) is 13.3. The SMILES string of the molecule is CC[C@H](C)[C@@H]1NC(=O)[C@H](C)N(C)C(=O)C[C@@H](C(=O)N(C)C)N(C)C(=O)[C@H]([C@@H](C)CC)N(C)C(=O)C2(CCCC2)NC(=O)[C@H](Cc2ccc(F)c(F)c2)N(C)C(=O)[C@H](CCc2ccc(C(F)(F)F)c(Cl)c2)NC(=O)CN(C)C(=O)[C@H](Cc2ccc(C)cc2)N(C)C(=O)[C@@H]2CCN2C(=O)[C@@H](C)N(C)C1=O. The number of amides is 12. The van der Waals surface area contributed by atoms with Crippen LogP contribution in [0.15, 0.2) is 60.7 Å². The Morgan fingerprint density at radius 1 is 0.641 bits per heavy atom. The van der Waals surface area contributed by atoms with Gasteiger partial charge in [-0.15, -0.1) is 0 Å². The molecule has 1 spiro atoms. The van der Waals surface area contributed by atoms with E-state index in [0.29, 0.717) is 24.8 Å². The maximum absolute atomic E-state index is 15.6. The Balaban J connectivity index is 1.49. The predicted molar refractivity (Wildman–Crippen MR) is 374 cm³/mol. The van der Waals surface area contributed by atoms with Crippen LogP contribution in [0.4, 0.5) is 22.0 Å². The Hall–Kier alpha value is -8.76. The molecule has 0 radical (unpaired) electrons. The van der Waals surface area contributed by atoms with Gasteiger partial charge in [0, 0.05) is 82.8 Å². The van der Waals surface area contributed by atoms with Crippen LogP contribution in [0.25, 0.3) is 0 Å². The topological polar surface area (TPSA) is 270 Å². The van der Waals surface area contributed by atoms with E-state index >= 15 is 28.4 Å². The molecule has 2 heterocycles. The summed E-state index contributed by atoms with van der Waals surface area (Å²) in [5.41, 5.74) is -1.33. The van der Waals surface area contributed by atoms with E-state index in [1.807, 2.05) is 6.92 Å². The number of hydrogen-bond donors (Lipinski definition) is 3. The summed E-state index contributed by atoms with van der Waals surface area (Å²) in [6, 6.07) is 0.154. The average molecular weight is 1470 g/mol. The smallest absolute Gasteiger partial charge is 0.347 e. The van der Waals surface area contributed by atoms with E-state index in [1.165, 1.54) is 98.0 Å². The minimum Gasteiger partial charge on any atom is -0.347 e.